The van der Waals surface area contributed by atoms with E-state index in [9.17, 15) is 4.79 Å². The number of rotatable bonds is 3. The summed E-state index contributed by atoms with van der Waals surface area (Å²) in [6.07, 6.45) is 3.42. The highest BCUT2D eigenvalue weighted by Crippen LogP contribution is 2.25. The molecule has 1 saturated heterocycles. The number of carbonyl (C=O) groups excluding carboxylic acids is 1. The normalized spacial score (nSPS) is 15.8. The molecule has 1 aromatic carbocycles. The van der Waals surface area contributed by atoms with E-state index in [0.717, 1.165) is 35.9 Å². The highest BCUT2D eigenvalue weighted by atomic mass is 32.2. The summed E-state index contributed by atoms with van der Waals surface area (Å²) >= 11 is 1.59. The summed E-state index contributed by atoms with van der Waals surface area (Å²) in [6, 6.07) is 14.1. The lowest BCUT2D eigenvalue weighted by molar-refractivity contribution is 0.0714. The predicted octanol–water partition coefficient (Wildman–Crippen LogP) is 2.80. The van der Waals surface area contributed by atoms with E-state index in [1.165, 1.54) is 0 Å². The third-order valence-electron chi connectivity index (χ3n) is 3.78. The van der Waals surface area contributed by atoms with Crippen LogP contribution in [-0.4, -0.2) is 34.9 Å². The second kappa shape index (κ2) is 6.94. The van der Waals surface area contributed by atoms with Crippen LogP contribution in [0.4, 0.5) is 0 Å². The van der Waals surface area contributed by atoms with Crippen LogP contribution < -0.4 is 5.73 Å². The van der Waals surface area contributed by atoms with Gasteiger partial charge >= 0.3 is 0 Å². The van der Waals surface area contributed by atoms with Crippen molar-refractivity contribution in [3.63, 3.8) is 0 Å². The third kappa shape index (κ3) is 3.67. The Morgan fingerprint density at radius 1 is 1.14 bits per heavy atom. The minimum absolute atomic E-state index is 0.0515. The first-order valence-electron chi connectivity index (χ1n) is 7.46. The van der Waals surface area contributed by atoms with E-state index in [2.05, 4.69) is 4.98 Å². The molecule has 0 saturated carbocycles. The molecule has 1 aromatic heterocycles. The lowest BCUT2D eigenvalue weighted by Gasteiger charge is -2.30. The van der Waals surface area contributed by atoms with E-state index in [1.807, 2.05) is 47.4 Å². The first-order valence-corrected chi connectivity index (χ1v) is 8.28. The minimum Gasteiger partial charge on any atom is -0.338 e. The van der Waals surface area contributed by atoms with Crippen LogP contribution in [0.5, 0.6) is 0 Å². The summed E-state index contributed by atoms with van der Waals surface area (Å²) in [7, 11) is 0. The minimum atomic E-state index is 0.0515. The SMILES string of the molecule is NC1CCN(C(=O)c2ccc(Sc3ccccc3)nc2)CC1. The molecule has 2 aromatic rings. The Labute approximate surface area is 134 Å². The van der Waals surface area contributed by atoms with Crippen molar-refractivity contribution in [1.29, 1.82) is 0 Å². The van der Waals surface area contributed by atoms with Crippen molar-refractivity contribution in [3.8, 4) is 0 Å². The highest BCUT2D eigenvalue weighted by Gasteiger charge is 2.21. The van der Waals surface area contributed by atoms with Gasteiger partial charge in [0.1, 0.15) is 5.03 Å². The average molecular weight is 313 g/mol. The van der Waals surface area contributed by atoms with Gasteiger partial charge in [0, 0.05) is 30.2 Å². The molecule has 0 radical (unpaired) electrons. The van der Waals surface area contributed by atoms with Crippen LogP contribution in [0.25, 0.3) is 0 Å². The summed E-state index contributed by atoms with van der Waals surface area (Å²) in [5.41, 5.74) is 6.52. The maximum absolute atomic E-state index is 12.4. The molecule has 2 heterocycles. The first kappa shape index (κ1) is 15.1. The molecule has 0 spiro atoms. The van der Waals surface area contributed by atoms with Crippen molar-refractivity contribution in [1.82, 2.24) is 9.88 Å². The quantitative estimate of drug-likeness (QED) is 0.946. The highest BCUT2D eigenvalue weighted by molar-refractivity contribution is 7.99. The second-order valence-electron chi connectivity index (χ2n) is 5.43. The van der Waals surface area contributed by atoms with E-state index in [4.69, 9.17) is 5.73 Å². The zero-order valence-electron chi connectivity index (χ0n) is 12.3. The molecule has 0 atom stereocenters. The van der Waals surface area contributed by atoms with Gasteiger partial charge in [-0.2, -0.15) is 0 Å². The van der Waals surface area contributed by atoms with Gasteiger partial charge in [-0.05, 0) is 37.1 Å². The number of pyridine rings is 1. The second-order valence-corrected chi connectivity index (χ2v) is 6.52. The van der Waals surface area contributed by atoms with Crippen LogP contribution >= 0.6 is 11.8 Å². The van der Waals surface area contributed by atoms with E-state index in [0.29, 0.717) is 5.56 Å². The van der Waals surface area contributed by atoms with Crippen LogP contribution in [0.1, 0.15) is 23.2 Å². The summed E-state index contributed by atoms with van der Waals surface area (Å²) in [6.45, 7) is 1.47. The third-order valence-corrected chi connectivity index (χ3v) is 4.73. The molecule has 114 valence electrons. The fourth-order valence-corrected chi connectivity index (χ4v) is 3.24. The van der Waals surface area contributed by atoms with Gasteiger partial charge in [0.2, 0.25) is 0 Å². The molecule has 5 heteroatoms. The number of aromatic nitrogens is 1. The molecule has 1 aliphatic heterocycles. The van der Waals surface area contributed by atoms with Crippen LogP contribution in [0.15, 0.2) is 58.6 Å². The number of hydrogen-bond acceptors (Lipinski definition) is 4. The fourth-order valence-electron chi connectivity index (χ4n) is 2.46. The van der Waals surface area contributed by atoms with Crippen molar-refractivity contribution in [2.24, 2.45) is 5.73 Å². The number of amides is 1. The molecule has 22 heavy (non-hydrogen) atoms. The lowest BCUT2D eigenvalue weighted by Crippen LogP contribution is -2.42. The zero-order chi connectivity index (χ0) is 15.4. The number of piperidine rings is 1. The van der Waals surface area contributed by atoms with E-state index < -0.39 is 0 Å². The van der Waals surface area contributed by atoms with E-state index in [-0.39, 0.29) is 11.9 Å². The summed E-state index contributed by atoms with van der Waals surface area (Å²) < 4.78 is 0. The van der Waals surface area contributed by atoms with Gasteiger partial charge in [-0.1, -0.05) is 30.0 Å². The monoisotopic (exact) mass is 313 g/mol. The summed E-state index contributed by atoms with van der Waals surface area (Å²) in [5.74, 6) is 0.0515. The summed E-state index contributed by atoms with van der Waals surface area (Å²) in [4.78, 5) is 19.8. The zero-order valence-corrected chi connectivity index (χ0v) is 13.1. The van der Waals surface area contributed by atoms with E-state index in [1.54, 1.807) is 18.0 Å². The van der Waals surface area contributed by atoms with Crippen molar-refractivity contribution in [3.05, 3.63) is 54.2 Å². The fraction of sp³-hybridized carbons (Fsp3) is 0.294. The molecule has 3 rings (SSSR count). The Balaban J connectivity index is 1.65. The number of benzene rings is 1. The van der Waals surface area contributed by atoms with Gasteiger partial charge in [0.05, 0.1) is 5.56 Å². The Hall–Kier alpha value is -1.85. The van der Waals surface area contributed by atoms with Gasteiger partial charge in [0.15, 0.2) is 0 Å². The smallest absolute Gasteiger partial charge is 0.255 e. The lowest BCUT2D eigenvalue weighted by atomic mass is 10.1. The largest absolute Gasteiger partial charge is 0.338 e. The maximum atomic E-state index is 12.4. The maximum Gasteiger partial charge on any atom is 0.255 e. The molecule has 2 N–H and O–H groups in total. The number of likely N-dealkylation sites (tertiary alicyclic amines) is 1. The summed E-state index contributed by atoms with van der Waals surface area (Å²) in [5, 5.41) is 0.892. The molecule has 1 aliphatic rings. The van der Waals surface area contributed by atoms with Crippen molar-refractivity contribution < 1.29 is 4.79 Å². The molecule has 0 bridgehead atoms. The molecule has 0 unspecified atom stereocenters. The van der Waals surface area contributed by atoms with Gasteiger partial charge in [-0.25, -0.2) is 4.98 Å². The van der Waals surface area contributed by atoms with Crippen molar-refractivity contribution >= 4 is 17.7 Å². The Morgan fingerprint density at radius 2 is 1.86 bits per heavy atom. The van der Waals surface area contributed by atoms with Crippen LogP contribution in [0.2, 0.25) is 0 Å². The predicted molar refractivity (Wildman–Crippen MR) is 87.9 cm³/mol. The van der Waals surface area contributed by atoms with E-state index >= 15 is 0 Å². The molecular formula is C17H19N3OS. The van der Waals surface area contributed by atoms with Crippen LogP contribution in [0.3, 0.4) is 0 Å². The van der Waals surface area contributed by atoms with Crippen LogP contribution in [0, 0.1) is 0 Å². The Kier molecular flexibility index (Phi) is 4.75. The molecule has 4 nitrogen and oxygen atoms in total. The number of nitrogens with two attached hydrogens (primary N) is 1. The standard InChI is InChI=1S/C17H19N3OS/c18-14-8-10-20(11-9-14)17(21)13-6-7-16(19-12-13)22-15-4-2-1-3-5-15/h1-7,12,14H,8-11,18H2. The van der Waals surface area contributed by atoms with Gasteiger partial charge in [-0.3, -0.25) is 4.79 Å². The van der Waals surface area contributed by atoms with Crippen molar-refractivity contribution in [2.75, 3.05) is 13.1 Å². The Bertz CT molecular complexity index is 622. The molecule has 1 amide bonds. The average Bonchev–Trinajstić information content (AvgIpc) is 2.57. The number of nitrogens with zero attached hydrogens (tertiary/aromatic N) is 2. The van der Waals surface area contributed by atoms with Gasteiger partial charge in [-0.15, -0.1) is 0 Å². The molecule has 1 fully saturated rings. The Morgan fingerprint density at radius 3 is 2.50 bits per heavy atom. The first-order chi connectivity index (χ1) is 10.7. The number of carbonyl (C=O) groups is 1. The molecule has 0 aliphatic carbocycles. The van der Waals surface area contributed by atoms with Gasteiger partial charge in [0.25, 0.3) is 5.91 Å². The van der Waals surface area contributed by atoms with Crippen molar-refractivity contribution in [2.45, 2.75) is 28.8 Å². The molecular weight excluding hydrogens is 294 g/mol. The number of hydrogen-bond donors (Lipinski definition) is 1. The topological polar surface area (TPSA) is 59.2 Å². The van der Waals surface area contributed by atoms with Crippen LogP contribution in [-0.2, 0) is 0 Å². The van der Waals surface area contributed by atoms with Gasteiger partial charge < -0.3 is 10.6 Å².